The van der Waals surface area contributed by atoms with Crippen LogP contribution in [0.5, 0.6) is 0 Å². The fraction of sp³-hybridized carbons (Fsp3) is 0.235. The topological polar surface area (TPSA) is 58.6 Å². The highest BCUT2D eigenvalue weighted by atomic mass is 32.2. The van der Waals surface area contributed by atoms with Gasteiger partial charge in [-0.3, -0.25) is 0 Å². The molecule has 0 fully saturated rings. The summed E-state index contributed by atoms with van der Waals surface area (Å²) in [6.07, 6.45) is 0. The second kappa shape index (κ2) is 6.68. The van der Waals surface area contributed by atoms with Crippen LogP contribution >= 0.6 is 11.8 Å². The minimum atomic E-state index is 0.145. The van der Waals surface area contributed by atoms with Gasteiger partial charge in [-0.25, -0.2) is 0 Å². The second-order valence-corrected chi connectivity index (χ2v) is 6.21. The van der Waals surface area contributed by atoms with Gasteiger partial charge in [0, 0.05) is 16.2 Å². The van der Waals surface area contributed by atoms with Crippen LogP contribution in [0.4, 0.5) is 0 Å². The summed E-state index contributed by atoms with van der Waals surface area (Å²) in [7, 11) is 0. The number of thioether (sulfide) groups is 1. The molecule has 0 aromatic heterocycles. The van der Waals surface area contributed by atoms with Crippen LogP contribution in [0.3, 0.4) is 0 Å². The van der Waals surface area contributed by atoms with Crippen molar-refractivity contribution in [3.63, 3.8) is 0 Å². The van der Waals surface area contributed by atoms with Gasteiger partial charge in [-0.15, -0.1) is 11.8 Å². The maximum absolute atomic E-state index is 8.71. The van der Waals surface area contributed by atoms with Gasteiger partial charge in [0.15, 0.2) is 5.84 Å². The van der Waals surface area contributed by atoms with Gasteiger partial charge >= 0.3 is 0 Å². The van der Waals surface area contributed by atoms with Crippen molar-refractivity contribution in [3.05, 3.63) is 64.2 Å². The quantitative estimate of drug-likeness (QED) is 0.295. The van der Waals surface area contributed by atoms with Crippen molar-refractivity contribution in [2.75, 3.05) is 0 Å². The number of rotatable bonds is 4. The van der Waals surface area contributed by atoms with E-state index in [0.29, 0.717) is 0 Å². The minimum Gasteiger partial charge on any atom is -0.409 e. The number of nitrogens with zero attached hydrogens (tertiary/aromatic N) is 1. The number of nitrogens with two attached hydrogens (primary N) is 1. The third-order valence-electron chi connectivity index (χ3n) is 3.62. The number of amidine groups is 1. The van der Waals surface area contributed by atoms with Crippen molar-refractivity contribution in [1.29, 1.82) is 0 Å². The summed E-state index contributed by atoms with van der Waals surface area (Å²) in [5.41, 5.74) is 11.4. The summed E-state index contributed by atoms with van der Waals surface area (Å²) in [4.78, 5) is 1.28. The first-order valence-electron chi connectivity index (χ1n) is 6.78. The Bertz CT molecular complexity index is 680. The molecule has 0 saturated carbocycles. The van der Waals surface area contributed by atoms with Crippen LogP contribution in [-0.2, 0) is 5.75 Å². The lowest BCUT2D eigenvalue weighted by Gasteiger charge is -2.09. The zero-order chi connectivity index (χ0) is 15.4. The second-order valence-electron chi connectivity index (χ2n) is 5.16. The molecule has 110 valence electrons. The zero-order valence-corrected chi connectivity index (χ0v) is 13.4. The van der Waals surface area contributed by atoms with E-state index in [0.717, 1.165) is 16.9 Å². The normalized spacial score (nSPS) is 11.7. The highest BCUT2D eigenvalue weighted by Gasteiger charge is 2.05. The fourth-order valence-electron chi connectivity index (χ4n) is 2.04. The number of aryl methyl sites for hydroxylation is 3. The van der Waals surface area contributed by atoms with Crippen LogP contribution in [0.2, 0.25) is 0 Å². The van der Waals surface area contributed by atoms with Crippen molar-refractivity contribution in [2.45, 2.75) is 31.4 Å². The van der Waals surface area contributed by atoms with E-state index in [1.54, 1.807) is 0 Å². The molecule has 0 spiro atoms. The van der Waals surface area contributed by atoms with Gasteiger partial charge < -0.3 is 10.9 Å². The molecule has 3 nitrogen and oxygen atoms in total. The summed E-state index contributed by atoms with van der Waals surface area (Å²) in [5, 5.41) is 11.7. The SMILES string of the molecule is Cc1ccc(SCc2ccc(/C(N)=N/O)cc2C)cc1C. The molecule has 21 heavy (non-hydrogen) atoms. The van der Waals surface area contributed by atoms with Gasteiger partial charge in [-0.2, -0.15) is 0 Å². The van der Waals surface area contributed by atoms with E-state index in [2.05, 4.69) is 37.2 Å². The Labute approximate surface area is 129 Å². The van der Waals surface area contributed by atoms with Gasteiger partial charge in [0.25, 0.3) is 0 Å². The average molecular weight is 300 g/mol. The molecule has 0 unspecified atom stereocenters. The maximum Gasteiger partial charge on any atom is 0.170 e. The van der Waals surface area contributed by atoms with Crippen molar-refractivity contribution >= 4 is 17.6 Å². The predicted octanol–water partition coefficient (Wildman–Crippen LogP) is 4.00. The van der Waals surface area contributed by atoms with E-state index in [1.165, 1.54) is 21.6 Å². The fourth-order valence-corrected chi connectivity index (χ4v) is 3.11. The average Bonchev–Trinajstić information content (AvgIpc) is 2.48. The predicted molar refractivity (Wildman–Crippen MR) is 89.2 cm³/mol. The molecular weight excluding hydrogens is 280 g/mol. The summed E-state index contributed by atoms with van der Waals surface area (Å²) >= 11 is 1.82. The molecule has 0 aliphatic heterocycles. The van der Waals surface area contributed by atoms with Crippen LogP contribution in [-0.4, -0.2) is 11.0 Å². The van der Waals surface area contributed by atoms with Crippen molar-refractivity contribution < 1.29 is 5.21 Å². The Balaban J connectivity index is 2.11. The van der Waals surface area contributed by atoms with Gasteiger partial charge in [-0.05, 0) is 61.2 Å². The first-order valence-corrected chi connectivity index (χ1v) is 7.77. The Kier molecular flexibility index (Phi) is 4.91. The van der Waals surface area contributed by atoms with Gasteiger partial charge in [0.2, 0.25) is 0 Å². The first kappa shape index (κ1) is 15.4. The first-order chi connectivity index (χ1) is 10.0. The van der Waals surface area contributed by atoms with Crippen molar-refractivity contribution in [2.24, 2.45) is 10.9 Å². The molecule has 0 atom stereocenters. The molecule has 2 aromatic rings. The Morgan fingerprint density at radius 3 is 2.43 bits per heavy atom. The highest BCUT2D eigenvalue weighted by molar-refractivity contribution is 7.98. The largest absolute Gasteiger partial charge is 0.409 e. The van der Waals surface area contributed by atoms with Crippen molar-refractivity contribution in [3.8, 4) is 0 Å². The molecule has 0 saturated heterocycles. The van der Waals surface area contributed by atoms with Crippen LogP contribution in [0.15, 0.2) is 46.4 Å². The van der Waals surface area contributed by atoms with Crippen LogP contribution < -0.4 is 5.73 Å². The third kappa shape index (κ3) is 3.79. The third-order valence-corrected chi connectivity index (χ3v) is 4.66. The lowest BCUT2D eigenvalue weighted by molar-refractivity contribution is 0.318. The number of hydrogen-bond donors (Lipinski definition) is 2. The zero-order valence-electron chi connectivity index (χ0n) is 12.6. The maximum atomic E-state index is 8.71. The number of benzene rings is 2. The lowest BCUT2D eigenvalue weighted by Crippen LogP contribution is -2.13. The number of hydrogen-bond acceptors (Lipinski definition) is 3. The standard InChI is InChI=1S/C17H20N2OS/c1-11-4-7-16(9-12(11)2)21-10-15-6-5-14(8-13(15)3)17(18)19-20/h4-9,20H,10H2,1-3H3,(H2,18,19). The van der Waals surface area contributed by atoms with E-state index >= 15 is 0 Å². The molecular formula is C17H20N2OS. The Morgan fingerprint density at radius 1 is 1.05 bits per heavy atom. The minimum absolute atomic E-state index is 0.145. The van der Waals surface area contributed by atoms with Gasteiger partial charge in [-0.1, -0.05) is 23.4 Å². The van der Waals surface area contributed by atoms with E-state index in [9.17, 15) is 0 Å². The molecule has 0 radical (unpaired) electrons. The molecule has 2 aromatic carbocycles. The van der Waals surface area contributed by atoms with E-state index < -0.39 is 0 Å². The number of oxime groups is 1. The lowest BCUT2D eigenvalue weighted by atomic mass is 10.1. The van der Waals surface area contributed by atoms with Crippen LogP contribution in [0, 0.1) is 20.8 Å². The smallest absolute Gasteiger partial charge is 0.170 e. The molecule has 2 rings (SSSR count). The van der Waals surface area contributed by atoms with Crippen LogP contribution in [0.1, 0.15) is 27.8 Å². The molecule has 0 bridgehead atoms. The molecule has 3 N–H and O–H groups in total. The summed E-state index contributed by atoms with van der Waals surface area (Å²) < 4.78 is 0. The molecule has 0 aliphatic carbocycles. The van der Waals surface area contributed by atoms with Crippen molar-refractivity contribution in [1.82, 2.24) is 0 Å². The van der Waals surface area contributed by atoms with E-state index in [1.807, 2.05) is 36.9 Å². The van der Waals surface area contributed by atoms with Gasteiger partial charge in [0.1, 0.15) is 0 Å². The highest BCUT2D eigenvalue weighted by Crippen LogP contribution is 2.26. The summed E-state index contributed by atoms with van der Waals surface area (Å²) in [5.74, 6) is 1.05. The molecule has 0 aliphatic rings. The summed E-state index contributed by atoms with van der Waals surface area (Å²) in [6, 6.07) is 12.4. The summed E-state index contributed by atoms with van der Waals surface area (Å²) in [6.45, 7) is 6.31. The molecule has 4 heteroatoms. The molecule has 0 amide bonds. The van der Waals surface area contributed by atoms with Crippen LogP contribution in [0.25, 0.3) is 0 Å². The van der Waals surface area contributed by atoms with Gasteiger partial charge in [0.05, 0.1) is 0 Å². The Hall–Kier alpha value is -1.94. The molecule has 0 heterocycles. The Morgan fingerprint density at radius 2 is 1.81 bits per heavy atom. The van der Waals surface area contributed by atoms with E-state index in [4.69, 9.17) is 10.9 Å². The van der Waals surface area contributed by atoms with E-state index in [-0.39, 0.29) is 5.84 Å². The monoisotopic (exact) mass is 300 g/mol.